The fourth-order valence-electron chi connectivity index (χ4n) is 2.07. The van der Waals surface area contributed by atoms with E-state index in [1.54, 1.807) is 12.1 Å². The summed E-state index contributed by atoms with van der Waals surface area (Å²) in [5.74, 6) is 0. The zero-order chi connectivity index (χ0) is 13.8. The van der Waals surface area contributed by atoms with Crippen LogP contribution in [0.25, 0.3) is 0 Å². The molecule has 1 aliphatic rings. The number of rotatable bonds is 5. The number of aliphatic hydroxyl groups excluding tert-OH is 4. The fraction of sp³-hybridized carbons (Fsp3) is 0.500. The quantitative estimate of drug-likeness (QED) is 0.455. The zero-order valence-corrected chi connectivity index (χ0v) is 10.3. The van der Waals surface area contributed by atoms with Gasteiger partial charge in [0.15, 0.2) is 0 Å². The van der Waals surface area contributed by atoms with Gasteiger partial charge in [-0.2, -0.15) is 0 Å². The molecule has 1 saturated heterocycles. The van der Waals surface area contributed by atoms with Crippen molar-refractivity contribution in [2.24, 2.45) is 0 Å². The van der Waals surface area contributed by atoms with Crippen molar-refractivity contribution in [3.05, 3.63) is 30.3 Å². The third-order valence-electron chi connectivity index (χ3n) is 3.09. The van der Waals surface area contributed by atoms with Crippen molar-refractivity contribution < 1.29 is 29.7 Å². The van der Waals surface area contributed by atoms with Gasteiger partial charge in [0.05, 0.1) is 25.4 Å². The molecule has 0 radical (unpaired) electrons. The van der Waals surface area contributed by atoms with E-state index >= 15 is 0 Å². The summed E-state index contributed by atoms with van der Waals surface area (Å²) in [6.07, 6.45) is -4.14. The molecule has 4 atom stereocenters. The molecule has 0 saturated carbocycles. The molecule has 19 heavy (non-hydrogen) atoms. The molecule has 1 aliphatic heterocycles. The van der Waals surface area contributed by atoms with E-state index in [1.807, 2.05) is 18.2 Å². The summed E-state index contributed by atoms with van der Waals surface area (Å²) >= 11 is 0. The van der Waals surface area contributed by atoms with Crippen molar-refractivity contribution in [3.8, 4) is 0 Å². The monoisotopic (exact) mass is 268 g/mol. The molecule has 0 amide bonds. The number of hydrogen-bond acceptors (Lipinski definition) is 6. The van der Waals surface area contributed by atoms with E-state index in [2.05, 4.69) is 0 Å². The molecule has 0 spiro atoms. The van der Waals surface area contributed by atoms with E-state index in [9.17, 15) is 10.2 Å². The molecule has 2 rings (SSSR count). The molecule has 1 aromatic rings. The molecule has 0 unspecified atom stereocenters. The largest absolute Gasteiger partial charge is 0.494 e. The third-order valence-corrected chi connectivity index (χ3v) is 3.09. The first-order valence-corrected chi connectivity index (χ1v) is 6.11. The highest BCUT2D eigenvalue weighted by molar-refractivity contribution is 6.61. The molecule has 1 aromatic carbocycles. The molecule has 1 heterocycles. The lowest BCUT2D eigenvalue weighted by Gasteiger charge is -2.24. The summed E-state index contributed by atoms with van der Waals surface area (Å²) in [5, 5.41) is 37.4. The SMILES string of the molecule is OC[C@@H](O)[C@H]1OB(c2ccccc2)O[C@@H]1[C@H](O)CO. The van der Waals surface area contributed by atoms with E-state index in [1.165, 1.54) is 0 Å². The molecule has 4 N–H and O–H groups in total. The molecule has 1 fully saturated rings. The van der Waals surface area contributed by atoms with Crippen LogP contribution in [-0.2, 0) is 9.31 Å². The maximum absolute atomic E-state index is 9.69. The van der Waals surface area contributed by atoms with Gasteiger partial charge < -0.3 is 29.7 Å². The average molecular weight is 268 g/mol. The predicted octanol–water partition coefficient (Wildman–Crippen LogP) is -2.13. The molecule has 6 nitrogen and oxygen atoms in total. The first-order valence-electron chi connectivity index (χ1n) is 6.11. The number of aliphatic hydroxyl groups is 4. The highest BCUT2D eigenvalue weighted by Crippen LogP contribution is 2.22. The normalized spacial score (nSPS) is 26.4. The van der Waals surface area contributed by atoms with E-state index in [0.717, 1.165) is 5.46 Å². The second-order valence-electron chi connectivity index (χ2n) is 4.44. The van der Waals surface area contributed by atoms with Crippen molar-refractivity contribution in [2.75, 3.05) is 13.2 Å². The van der Waals surface area contributed by atoms with Gasteiger partial charge in [-0.05, 0) is 5.46 Å². The van der Waals surface area contributed by atoms with Gasteiger partial charge in [-0.3, -0.25) is 0 Å². The molecule has 7 heteroatoms. The summed E-state index contributed by atoms with van der Waals surface area (Å²) in [6.45, 7) is -1.02. The Morgan fingerprint density at radius 2 is 1.42 bits per heavy atom. The third kappa shape index (κ3) is 3.14. The summed E-state index contributed by atoms with van der Waals surface area (Å²) in [7, 11) is -0.737. The van der Waals surface area contributed by atoms with Crippen molar-refractivity contribution in [3.63, 3.8) is 0 Å². The summed E-state index contributed by atoms with van der Waals surface area (Å²) in [5.41, 5.74) is 0.741. The Balaban J connectivity index is 2.15. The second kappa shape index (κ2) is 6.47. The highest BCUT2D eigenvalue weighted by atomic mass is 16.7. The fourth-order valence-corrected chi connectivity index (χ4v) is 2.07. The Kier molecular flexibility index (Phi) is 4.92. The van der Waals surface area contributed by atoms with Crippen molar-refractivity contribution >= 4 is 12.6 Å². The maximum Gasteiger partial charge on any atom is 0.494 e. The van der Waals surface area contributed by atoms with Crippen molar-refractivity contribution in [1.29, 1.82) is 0 Å². The van der Waals surface area contributed by atoms with Crippen LogP contribution in [0.4, 0.5) is 0 Å². The van der Waals surface area contributed by atoms with Crippen LogP contribution < -0.4 is 5.46 Å². The average Bonchev–Trinajstić information content (AvgIpc) is 2.91. The minimum absolute atomic E-state index is 0.510. The van der Waals surface area contributed by atoms with Gasteiger partial charge in [-0.1, -0.05) is 30.3 Å². The van der Waals surface area contributed by atoms with Crippen LogP contribution in [0.2, 0.25) is 0 Å². The molecular weight excluding hydrogens is 251 g/mol. The van der Waals surface area contributed by atoms with Gasteiger partial charge in [-0.15, -0.1) is 0 Å². The number of hydrogen-bond donors (Lipinski definition) is 4. The van der Waals surface area contributed by atoms with Crippen molar-refractivity contribution in [1.82, 2.24) is 0 Å². The van der Waals surface area contributed by atoms with Crippen molar-refractivity contribution in [2.45, 2.75) is 24.4 Å². The molecule has 0 bridgehead atoms. The van der Waals surface area contributed by atoms with Crippen LogP contribution in [0.1, 0.15) is 0 Å². The van der Waals surface area contributed by atoms with Gasteiger partial charge in [-0.25, -0.2) is 0 Å². The Morgan fingerprint density at radius 1 is 0.947 bits per heavy atom. The number of benzene rings is 1. The van der Waals surface area contributed by atoms with Crippen LogP contribution in [0.5, 0.6) is 0 Å². The first kappa shape index (κ1) is 14.5. The van der Waals surface area contributed by atoms with Gasteiger partial charge in [0.2, 0.25) is 0 Å². The summed E-state index contributed by atoms with van der Waals surface area (Å²) < 4.78 is 11.1. The Morgan fingerprint density at radius 3 is 1.84 bits per heavy atom. The minimum atomic E-state index is -1.18. The van der Waals surface area contributed by atoms with E-state index in [0.29, 0.717) is 0 Å². The molecule has 0 aromatic heterocycles. The second-order valence-corrected chi connectivity index (χ2v) is 4.44. The van der Waals surface area contributed by atoms with Gasteiger partial charge in [0.25, 0.3) is 0 Å². The smallest absolute Gasteiger partial charge is 0.399 e. The van der Waals surface area contributed by atoms with Crippen LogP contribution in [0.3, 0.4) is 0 Å². The van der Waals surface area contributed by atoms with Crippen LogP contribution in [-0.4, -0.2) is 65.2 Å². The lowest BCUT2D eigenvalue weighted by Crippen LogP contribution is -2.45. The predicted molar refractivity (Wildman–Crippen MR) is 67.8 cm³/mol. The van der Waals surface area contributed by atoms with E-state index < -0.39 is 44.7 Å². The van der Waals surface area contributed by atoms with E-state index in [4.69, 9.17) is 19.5 Å². The minimum Gasteiger partial charge on any atom is -0.399 e. The standard InChI is InChI=1S/C12H17BO6/c14-6-9(16)11-12(10(17)7-15)19-13(18-11)8-4-2-1-3-5-8/h1-5,9-12,14-17H,6-7H2/t9-,10-,11-,12-/m1/s1. The Hall–Kier alpha value is -0.955. The summed E-state index contributed by atoms with van der Waals surface area (Å²) in [6, 6.07) is 9.06. The Labute approximate surface area is 111 Å². The molecule has 0 aliphatic carbocycles. The lowest BCUT2D eigenvalue weighted by atomic mass is 9.79. The van der Waals surface area contributed by atoms with Crippen LogP contribution >= 0.6 is 0 Å². The Bertz CT molecular complexity index is 371. The van der Waals surface area contributed by atoms with Crippen LogP contribution in [0.15, 0.2) is 30.3 Å². The van der Waals surface area contributed by atoms with Gasteiger partial charge >= 0.3 is 7.12 Å². The zero-order valence-electron chi connectivity index (χ0n) is 10.3. The highest BCUT2D eigenvalue weighted by Gasteiger charge is 2.46. The topological polar surface area (TPSA) is 99.4 Å². The maximum atomic E-state index is 9.69. The van der Waals surface area contributed by atoms with E-state index in [-0.39, 0.29) is 0 Å². The summed E-state index contributed by atoms with van der Waals surface area (Å²) in [4.78, 5) is 0. The lowest BCUT2D eigenvalue weighted by molar-refractivity contribution is -0.0640. The first-order chi connectivity index (χ1) is 9.17. The van der Waals surface area contributed by atoms with Crippen LogP contribution in [0, 0.1) is 0 Å². The molecule has 104 valence electrons. The van der Waals surface area contributed by atoms with Gasteiger partial charge in [0.1, 0.15) is 12.2 Å². The van der Waals surface area contributed by atoms with Gasteiger partial charge in [0, 0.05) is 0 Å². The molecular formula is C12H17BO6.